The van der Waals surface area contributed by atoms with Gasteiger partial charge in [-0.15, -0.1) is 0 Å². The standard InChI is InChI=1S/C12H19BN2O3/c1-8-9(10-15(14-8)6-7-16-10)13-17-11(2,3)12(4,5)18-13/h6-7H2,1-5H3. The highest BCUT2D eigenvalue weighted by Gasteiger charge is 2.54. The van der Waals surface area contributed by atoms with E-state index in [0.717, 1.165) is 23.6 Å². The van der Waals surface area contributed by atoms with E-state index in [1.807, 2.05) is 39.3 Å². The monoisotopic (exact) mass is 250 g/mol. The van der Waals surface area contributed by atoms with Crippen LogP contribution < -0.4 is 10.2 Å². The molecule has 1 aromatic rings. The number of aryl methyl sites for hydroxylation is 1. The summed E-state index contributed by atoms with van der Waals surface area (Å²) in [5, 5.41) is 4.46. The normalized spacial score (nSPS) is 24.2. The molecule has 0 spiro atoms. The maximum atomic E-state index is 6.06. The largest absolute Gasteiger partial charge is 0.502 e. The van der Waals surface area contributed by atoms with E-state index in [-0.39, 0.29) is 11.2 Å². The fraction of sp³-hybridized carbons (Fsp3) is 0.750. The molecule has 0 amide bonds. The van der Waals surface area contributed by atoms with Crippen molar-refractivity contribution in [3.63, 3.8) is 0 Å². The zero-order valence-corrected chi connectivity index (χ0v) is 11.6. The molecule has 0 atom stereocenters. The van der Waals surface area contributed by atoms with Crippen molar-refractivity contribution in [1.29, 1.82) is 0 Å². The van der Waals surface area contributed by atoms with E-state index in [2.05, 4.69) is 5.10 Å². The van der Waals surface area contributed by atoms with E-state index >= 15 is 0 Å². The highest BCUT2D eigenvalue weighted by atomic mass is 16.7. The van der Waals surface area contributed by atoms with Crippen molar-refractivity contribution < 1.29 is 14.0 Å². The molecule has 0 saturated carbocycles. The number of hydrogen-bond acceptors (Lipinski definition) is 4. The minimum Gasteiger partial charge on any atom is -0.476 e. The van der Waals surface area contributed by atoms with Crippen LogP contribution in [0.15, 0.2) is 0 Å². The van der Waals surface area contributed by atoms with Crippen molar-refractivity contribution in [2.45, 2.75) is 52.4 Å². The molecule has 6 heteroatoms. The summed E-state index contributed by atoms with van der Waals surface area (Å²) >= 11 is 0. The van der Waals surface area contributed by atoms with Crippen molar-refractivity contribution in [1.82, 2.24) is 9.78 Å². The number of nitrogens with zero attached hydrogens (tertiary/aromatic N) is 2. The summed E-state index contributed by atoms with van der Waals surface area (Å²) in [7, 11) is -0.392. The molecule has 3 rings (SSSR count). The fourth-order valence-corrected chi connectivity index (χ4v) is 2.34. The zero-order valence-electron chi connectivity index (χ0n) is 11.6. The van der Waals surface area contributed by atoms with E-state index in [1.165, 1.54) is 0 Å². The van der Waals surface area contributed by atoms with Crippen LogP contribution in [0.25, 0.3) is 0 Å². The summed E-state index contributed by atoms with van der Waals surface area (Å²) in [4.78, 5) is 0. The Morgan fingerprint density at radius 2 is 1.78 bits per heavy atom. The van der Waals surface area contributed by atoms with Crippen LogP contribution in [0.3, 0.4) is 0 Å². The first kappa shape index (κ1) is 12.1. The number of fused-ring (bicyclic) bond motifs is 1. The predicted molar refractivity (Wildman–Crippen MR) is 68.2 cm³/mol. The molecule has 0 unspecified atom stereocenters. The van der Waals surface area contributed by atoms with Gasteiger partial charge in [0.05, 0.1) is 28.9 Å². The van der Waals surface area contributed by atoms with Gasteiger partial charge in [-0.3, -0.25) is 0 Å². The van der Waals surface area contributed by atoms with Gasteiger partial charge in [-0.2, -0.15) is 5.10 Å². The Kier molecular flexibility index (Phi) is 2.35. The Morgan fingerprint density at radius 1 is 1.17 bits per heavy atom. The molecule has 0 aromatic carbocycles. The minimum atomic E-state index is -0.392. The van der Waals surface area contributed by atoms with E-state index in [9.17, 15) is 0 Å². The van der Waals surface area contributed by atoms with E-state index in [0.29, 0.717) is 6.61 Å². The smallest absolute Gasteiger partial charge is 0.476 e. The Labute approximate surface area is 108 Å². The quantitative estimate of drug-likeness (QED) is 0.694. The summed E-state index contributed by atoms with van der Waals surface area (Å²) in [5.41, 5.74) is 1.18. The SMILES string of the molecule is Cc1nn2c(c1B1OC(C)(C)C(C)(C)O1)OCC2. The molecule has 1 fully saturated rings. The summed E-state index contributed by atoms with van der Waals surface area (Å²) in [5.74, 6) is 0.797. The van der Waals surface area contributed by atoms with Gasteiger partial charge >= 0.3 is 7.12 Å². The molecule has 2 aliphatic rings. The van der Waals surface area contributed by atoms with Gasteiger partial charge in [0.2, 0.25) is 5.88 Å². The van der Waals surface area contributed by atoms with Crippen molar-refractivity contribution >= 4 is 12.6 Å². The fourth-order valence-electron chi connectivity index (χ4n) is 2.34. The Morgan fingerprint density at radius 3 is 2.39 bits per heavy atom. The minimum absolute atomic E-state index is 0.336. The van der Waals surface area contributed by atoms with Gasteiger partial charge in [-0.25, -0.2) is 4.68 Å². The van der Waals surface area contributed by atoms with Crippen LogP contribution in [0.5, 0.6) is 5.88 Å². The van der Waals surface area contributed by atoms with Gasteiger partial charge in [0.25, 0.3) is 0 Å². The number of ether oxygens (including phenoxy) is 1. The molecule has 0 aliphatic carbocycles. The first-order valence-corrected chi connectivity index (χ1v) is 6.37. The van der Waals surface area contributed by atoms with Gasteiger partial charge in [0, 0.05) is 0 Å². The van der Waals surface area contributed by atoms with Crippen LogP contribution in [0.1, 0.15) is 33.4 Å². The number of aromatic nitrogens is 2. The molecule has 1 aromatic heterocycles. The van der Waals surface area contributed by atoms with Gasteiger partial charge in [0.15, 0.2) is 0 Å². The first-order chi connectivity index (χ1) is 8.32. The highest BCUT2D eigenvalue weighted by molar-refractivity contribution is 6.63. The molecular formula is C12H19BN2O3. The molecule has 0 N–H and O–H groups in total. The van der Waals surface area contributed by atoms with Crippen LogP contribution in [0, 0.1) is 6.92 Å². The van der Waals surface area contributed by atoms with Crippen LogP contribution in [-0.4, -0.2) is 34.7 Å². The molecule has 0 bridgehead atoms. The lowest BCUT2D eigenvalue weighted by Gasteiger charge is -2.32. The summed E-state index contributed by atoms with van der Waals surface area (Å²) in [6.45, 7) is 11.6. The van der Waals surface area contributed by atoms with E-state index in [1.54, 1.807) is 0 Å². The van der Waals surface area contributed by atoms with Crippen LogP contribution in [0.2, 0.25) is 0 Å². The Hall–Kier alpha value is -1.01. The third-order valence-electron chi connectivity index (χ3n) is 4.16. The van der Waals surface area contributed by atoms with Crippen molar-refractivity contribution in [3.8, 4) is 5.88 Å². The van der Waals surface area contributed by atoms with Gasteiger partial charge in [0.1, 0.15) is 6.61 Å². The van der Waals surface area contributed by atoms with Crippen molar-refractivity contribution in [3.05, 3.63) is 5.69 Å². The van der Waals surface area contributed by atoms with Crippen LogP contribution >= 0.6 is 0 Å². The number of rotatable bonds is 1. The summed E-state index contributed by atoms with van der Waals surface area (Å²) < 4.78 is 19.6. The number of hydrogen-bond donors (Lipinski definition) is 0. The molecular weight excluding hydrogens is 231 g/mol. The van der Waals surface area contributed by atoms with Gasteiger partial charge in [-0.05, 0) is 34.6 Å². The summed E-state index contributed by atoms with van der Waals surface area (Å²) in [6, 6.07) is 0. The van der Waals surface area contributed by atoms with Crippen LogP contribution in [0.4, 0.5) is 0 Å². The maximum Gasteiger partial charge on any atom is 0.502 e. The lowest BCUT2D eigenvalue weighted by molar-refractivity contribution is 0.00578. The molecule has 5 nitrogen and oxygen atoms in total. The molecule has 98 valence electrons. The van der Waals surface area contributed by atoms with Crippen molar-refractivity contribution in [2.75, 3.05) is 6.61 Å². The maximum absolute atomic E-state index is 6.06. The lowest BCUT2D eigenvalue weighted by Crippen LogP contribution is -2.41. The lowest BCUT2D eigenvalue weighted by atomic mass is 9.79. The topological polar surface area (TPSA) is 45.5 Å². The van der Waals surface area contributed by atoms with Crippen LogP contribution in [-0.2, 0) is 15.9 Å². The third-order valence-corrected chi connectivity index (χ3v) is 4.16. The average Bonchev–Trinajstić information content (AvgIpc) is 2.79. The first-order valence-electron chi connectivity index (χ1n) is 6.37. The van der Waals surface area contributed by atoms with Gasteiger partial charge in [-0.1, -0.05) is 0 Å². The molecule has 18 heavy (non-hydrogen) atoms. The Bertz CT molecular complexity index is 480. The predicted octanol–water partition coefficient (Wildman–Crippen LogP) is 0.883. The third kappa shape index (κ3) is 1.52. The summed E-state index contributed by atoms with van der Waals surface area (Å²) in [6.07, 6.45) is 0. The van der Waals surface area contributed by atoms with Crippen molar-refractivity contribution in [2.24, 2.45) is 0 Å². The molecule has 3 heterocycles. The van der Waals surface area contributed by atoms with Gasteiger partial charge < -0.3 is 14.0 Å². The second kappa shape index (κ2) is 3.51. The highest BCUT2D eigenvalue weighted by Crippen LogP contribution is 2.37. The van der Waals surface area contributed by atoms with E-state index in [4.69, 9.17) is 14.0 Å². The second-order valence-electron chi connectivity index (χ2n) is 5.96. The Balaban J connectivity index is 1.99. The van der Waals surface area contributed by atoms with E-state index < -0.39 is 7.12 Å². The molecule has 1 saturated heterocycles. The second-order valence-corrected chi connectivity index (χ2v) is 5.96. The molecule has 0 radical (unpaired) electrons. The zero-order chi connectivity index (χ0) is 13.1. The average molecular weight is 250 g/mol. The molecule has 2 aliphatic heterocycles.